The lowest BCUT2D eigenvalue weighted by Crippen LogP contribution is -2.27. The molecule has 1 saturated heterocycles. The average molecular weight is 286 g/mol. The number of tetrazole rings is 1. The Balaban J connectivity index is 1.80. The molecule has 1 aromatic carbocycles. The SMILES string of the molecule is Cc1ccc(NC(=O)C2CNCC2C)cc1-n1cnnn1. The second-order valence-corrected chi connectivity index (χ2v) is 5.49. The maximum atomic E-state index is 12.3. The van der Waals surface area contributed by atoms with Crippen LogP contribution in [0.1, 0.15) is 12.5 Å². The van der Waals surface area contributed by atoms with Gasteiger partial charge >= 0.3 is 0 Å². The zero-order chi connectivity index (χ0) is 14.8. The summed E-state index contributed by atoms with van der Waals surface area (Å²) in [6.07, 6.45) is 1.54. The summed E-state index contributed by atoms with van der Waals surface area (Å²) in [5, 5.41) is 17.4. The number of amides is 1. The Hall–Kier alpha value is -2.28. The molecule has 1 aliphatic rings. The topological polar surface area (TPSA) is 84.7 Å². The van der Waals surface area contributed by atoms with Gasteiger partial charge in [-0.05, 0) is 47.5 Å². The Bertz CT molecular complexity index is 639. The van der Waals surface area contributed by atoms with Crippen molar-refractivity contribution in [1.82, 2.24) is 25.5 Å². The Morgan fingerprint density at radius 1 is 1.43 bits per heavy atom. The van der Waals surface area contributed by atoms with Crippen molar-refractivity contribution in [1.29, 1.82) is 0 Å². The molecule has 1 aliphatic heterocycles. The summed E-state index contributed by atoms with van der Waals surface area (Å²) < 4.78 is 1.59. The Morgan fingerprint density at radius 3 is 2.95 bits per heavy atom. The second-order valence-electron chi connectivity index (χ2n) is 5.49. The van der Waals surface area contributed by atoms with Crippen molar-refractivity contribution < 1.29 is 4.79 Å². The molecule has 1 aromatic heterocycles. The van der Waals surface area contributed by atoms with Crippen LogP contribution < -0.4 is 10.6 Å². The molecular formula is C14H18N6O. The van der Waals surface area contributed by atoms with Gasteiger partial charge in [0.2, 0.25) is 5.91 Å². The van der Waals surface area contributed by atoms with Gasteiger partial charge in [0, 0.05) is 12.2 Å². The van der Waals surface area contributed by atoms with Gasteiger partial charge in [-0.1, -0.05) is 13.0 Å². The van der Waals surface area contributed by atoms with Gasteiger partial charge in [-0.15, -0.1) is 5.10 Å². The lowest BCUT2D eigenvalue weighted by atomic mass is 9.97. The molecule has 7 heteroatoms. The van der Waals surface area contributed by atoms with Gasteiger partial charge in [-0.2, -0.15) is 0 Å². The van der Waals surface area contributed by atoms with Crippen LogP contribution in [0.5, 0.6) is 0 Å². The molecule has 0 saturated carbocycles. The minimum atomic E-state index is 0.0165. The number of nitrogens with zero attached hydrogens (tertiary/aromatic N) is 4. The molecule has 21 heavy (non-hydrogen) atoms. The number of aromatic nitrogens is 4. The minimum absolute atomic E-state index is 0.0165. The minimum Gasteiger partial charge on any atom is -0.326 e. The molecule has 0 radical (unpaired) electrons. The maximum Gasteiger partial charge on any atom is 0.229 e. The molecule has 0 aliphatic carbocycles. The molecule has 2 atom stereocenters. The monoisotopic (exact) mass is 286 g/mol. The highest BCUT2D eigenvalue weighted by Gasteiger charge is 2.29. The fourth-order valence-corrected chi connectivity index (χ4v) is 2.60. The van der Waals surface area contributed by atoms with Crippen LogP contribution in [0.25, 0.3) is 5.69 Å². The van der Waals surface area contributed by atoms with E-state index in [9.17, 15) is 4.79 Å². The predicted molar refractivity (Wildman–Crippen MR) is 78.0 cm³/mol. The highest BCUT2D eigenvalue weighted by atomic mass is 16.1. The number of nitrogens with one attached hydrogen (secondary N) is 2. The van der Waals surface area contributed by atoms with Gasteiger partial charge in [0.05, 0.1) is 11.6 Å². The summed E-state index contributed by atoms with van der Waals surface area (Å²) in [5.41, 5.74) is 2.65. The molecule has 0 spiro atoms. The quantitative estimate of drug-likeness (QED) is 0.870. The zero-order valence-corrected chi connectivity index (χ0v) is 12.1. The summed E-state index contributed by atoms with van der Waals surface area (Å²) in [4.78, 5) is 12.3. The van der Waals surface area contributed by atoms with Crippen LogP contribution in [-0.4, -0.2) is 39.2 Å². The summed E-state index contributed by atoms with van der Waals surface area (Å²) in [6, 6.07) is 5.73. The van der Waals surface area contributed by atoms with Crippen LogP contribution in [-0.2, 0) is 4.79 Å². The van der Waals surface area contributed by atoms with Crippen LogP contribution in [0, 0.1) is 18.8 Å². The third-order valence-corrected chi connectivity index (χ3v) is 3.93. The first-order valence-corrected chi connectivity index (χ1v) is 7.01. The first-order chi connectivity index (χ1) is 10.1. The summed E-state index contributed by atoms with van der Waals surface area (Å²) in [6.45, 7) is 5.69. The van der Waals surface area contributed by atoms with Crippen molar-refractivity contribution in [3.05, 3.63) is 30.1 Å². The number of aryl methyl sites for hydroxylation is 1. The molecule has 2 unspecified atom stereocenters. The zero-order valence-electron chi connectivity index (χ0n) is 12.1. The summed E-state index contributed by atoms with van der Waals surface area (Å²) in [7, 11) is 0. The van der Waals surface area contributed by atoms with Crippen molar-refractivity contribution >= 4 is 11.6 Å². The van der Waals surface area contributed by atoms with E-state index in [-0.39, 0.29) is 11.8 Å². The maximum absolute atomic E-state index is 12.3. The molecule has 1 amide bonds. The molecule has 2 aromatic rings. The molecular weight excluding hydrogens is 268 g/mol. The fourth-order valence-electron chi connectivity index (χ4n) is 2.60. The van der Waals surface area contributed by atoms with Crippen LogP contribution in [0.4, 0.5) is 5.69 Å². The first kappa shape index (κ1) is 13.7. The van der Waals surface area contributed by atoms with Crippen molar-refractivity contribution in [2.75, 3.05) is 18.4 Å². The smallest absolute Gasteiger partial charge is 0.229 e. The fraction of sp³-hybridized carbons (Fsp3) is 0.429. The van der Waals surface area contributed by atoms with Crippen molar-refractivity contribution in [3.63, 3.8) is 0 Å². The van der Waals surface area contributed by atoms with E-state index in [2.05, 4.69) is 33.1 Å². The molecule has 3 rings (SSSR count). The van der Waals surface area contributed by atoms with Crippen LogP contribution in [0.2, 0.25) is 0 Å². The Morgan fingerprint density at radius 2 is 2.29 bits per heavy atom. The molecule has 110 valence electrons. The standard InChI is InChI=1S/C14H18N6O/c1-9-3-4-11(5-13(9)20-8-16-18-19-20)17-14(21)12-7-15-6-10(12)2/h3-5,8,10,12,15H,6-7H2,1-2H3,(H,17,21). The van der Waals surface area contributed by atoms with Crippen molar-refractivity contribution in [2.24, 2.45) is 11.8 Å². The van der Waals surface area contributed by atoms with E-state index in [1.54, 1.807) is 4.68 Å². The second kappa shape index (κ2) is 5.61. The van der Waals surface area contributed by atoms with Crippen molar-refractivity contribution in [2.45, 2.75) is 13.8 Å². The molecule has 7 nitrogen and oxygen atoms in total. The van der Waals surface area contributed by atoms with E-state index in [4.69, 9.17) is 0 Å². The first-order valence-electron chi connectivity index (χ1n) is 7.01. The molecule has 1 fully saturated rings. The number of hydrogen-bond donors (Lipinski definition) is 2. The van der Waals surface area contributed by atoms with Gasteiger partial charge in [0.1, 0.15) is 6.33 Å². The molecule has 0 bridgehead atoms. The predicted octanol–water partition coefficient (Wildman–Crippen LogP) is 0.765. The highest BCUT2D eigenvalue weighted by Crippen LogP contribution is 2.21. The van der Waals surface area contributed by atoms with Crippen molar-refractivity contribution in [3.8, 4) is 5.69 Å². The number of hydrogen-bond acceptors (Lipinski definition) is 5. The van der Waals surface area contributed by atoms with Gasteiger partial charge in [-0.25, -0.2) is 4.68 Å². The van der Waals surface area contributed by atoms with E-state index in [0.29, 0.717) is 5.92 Å². The molecule has 2 N–H and O–H groups in total. The average Bonchev–Trinajstić information content (AvgIpc) is 3.12. The number of benzene rings is 1. The summed E-state index contributed by atoms with van der Waals surface area (Å²) >= 11 is 0. The normalized spacial score (nSPS) is 21.4. The highest BCUT2D eigenvalue weighted by molar-refractivity contribution is 5.93. The van der Waals surface area contributed by atoms with E-state index in [1.165, 1.54) is 6.33 Å². The van der Waals surface area contributed by atoms with E-state index < -0.39 is 0 Å². The van der Waals surface area contributed by atoms with Gasteiger partial charge < -0.3 is 10.6 Å². The lowest BCUT2D eigenvalue weighted by Gasteiger charge is -2.15. The number of carbonyl (C=O) groups excluding carboxylic acids is 1. The van der Waals surface area contributed by atoms with Crippen LogP contribution in [0.3, 0.4) is 0 Å². The Labute approximate surface area is 122 Å². The summed E-state index contributed by atoms with van der Waals surface area (Å²) in [5.74, 6) is 0.427. The molecule has 2 heterocycles. The van der Waals surface area contributed by atoms with Gasteiger partial charge in [-0.3, -0.25) is 4.79 Å². The van der Waals surface area contributed by atoms with Crippen LogP contribution in [0.15, 0.2) is 24.5 Å². The van der Waals surface area contributed by atoms with Crippen LogP contribution >= 0.6 is 0 Å². The van der Waals surface area contributed by atoms with Gasteiger partial charge in [0.15, 0.2) is 0 Å². The van der Waals surface area contributed by atoms with E-state index in [1.807, 2.05) is 25.1 Å². The van der Waals surface area contributed by atoms with E-state index in [0.717, 1.165) is 30.0 Å². The number of anilines is 1. The Kier molecular flexibility index (Phi) is 3.66. The van der Waals surface area contributed by atoms with Gasteiger partial charge in [0.25, 0.3) is 0 Å². The third kappa shape index (κ3) is 2.78. The lowest BCUT2D eigenvalue weighted by molar-refractivity contribution is -0.120. The largest absolute Gasteiger partial charge is 0.326 e. The number of carbonyl (C=O) groups is 1. The third-order valence-electron chi connectivity index (χ3n) is 3.93. The van der Waals surface area contributed by atoms with E-state index >= 15 is 0 Å². The number of rotatable bonds is 3.